The number of hydrogen-bond donors (Lipinski definition) is 1. The molecule has 0 saturated heterocycles. The summed E-state index contributed by atoms with van der Waals surface area (Å²) in [6.45, 7) is 9.49. The van der Waals surface area contributed by atoms with Crippen molar-refractivity contribution in [1.29, 1.82) is 0 Å². The second-order valence-electron chi connectivity index (χ2n) is 7.39. The van der Waals surface area contributed by atoms with E-state index in [2.05, 4.69) is 45.1 Å². The molecule has 1 saturated carbocycles. The Bertz CT molecular complexity index is 424. The maximum atomic E-state index is 5.93. The number of benzene rings is 1. The molecule has 0 heterocycles. The fourth-order valence-electron chi connectivity index (χ4n) is 3.59. The van der Waals surface area contributed by atoms with Crippen LogP contribution in [0.1, 0.15) is 52.5 Å². The third kappa shape index (κ3) is 4.49. The van der Waals surface area contributed by atoms with Crippen LogP contribution in [0.5, 0.6) is 0 Å². The smallest absolute Gasteiger partial charge is 0.0406 e. The van der Waals surface area contributed by atoms with E-state index in [9.17, 15) is 0 Å². The summed E-state index contributed by atoms with van der Waals surface area (Å²) in [6, 6.07) is 9.42. The molecule has 0 radical (unpaired) electrons. The minimum atomic E-state index is 0.518. The Morgan fingerprint density at radius 3 is 2.55 bits per heavy atom. The first-order valence-corrected chi connectivity index (χ1v) is 8.24. The molecule has 1 aromatic carbocycles. The van der Waals surface area contributed by atoms with Gasteiger partial charge in [-0.05, 0) is 61.6 Å². The van der Waals surface area contributed by atoms with Crippen molar-refractivity contribution in [2.45, 2.75) is 65.5 Å². The number of hydrogen-bond acceptors (Lipinski definition) is 1. The average molecular weight is 294 g/mol. The minimum absolute atomic E-state index is 0.518. The van der Waals surface area contributed by atoms with Gasteiger partial charge in [0.15, 0.2) is 0 Å². The van der Waals surface area contributed by atoms with Crippen LogP contribution >= 0.6 is 11.6 Å². The monoisotopic (exact) mass is 293 g/mol. The number of nitrogens with one attached hydrogen (secondary N) is 1. The highest BCUT2D eigenvalue weighted by atomic mass is 35.5. The zero-order valence-electron chi connectivity index (χ0n) is 13.2. The molecule has 3 unspecified atom stereocenters. The van der Waals surface area contributed by atoms with E-state index in [0.717, 1.165) is 17.4 Å². The lowest BCUT2D eigenvalue weighted by atomic mass is 9.70. The van der Waals surface area contributed by atoms with Crippen LogP contribution in [0.25, 0.3) is 0 Å². The van der Waals surface area contributed by atoms with Crippen LogP contribution in [0.2, 0.25) is 5.02 Å². The molecule has 1 nitrogen and oxygen atoms in total. The van der Waals surface area contributed by atoms with Crippen molar-refractivity contribution in [3.63, 3.8) is 0 Å². The van der Waals surface area contributed by atoms with Gasteiger partial charge >= 0.3 is 0 Å². The van der Waals surface area contributed by atoms with E-state index in [1.807, 2.05) is 12.1 Å². The van der Waals surface area contributed by atoms with Gasteiger partial charge in [0.05, 0.1) is 0 Å². The van der Waals surface area contributed by atoms with E-state index in [1.165, 1.54) is 24.8 Å². The van der Waals surface area contributed by atoms with Gasteiger partial charge in [0, 0.05) is 17.1 Å². The SMILES string of the molecule is CC(Cc1ccc(Cl)cc1)NC1CCC(C)(C)CC1C. The molecule has 20 heavy (non-hydrogen) atoms. The lowest BCUT2D eigenvalue weighted by Gasteiger charge is -2.40. The summed E-state index contributed by atoms with van der Waals surface area (Å²) < 4.78 is 0. The molecule has 1 aromatic rings. The van der Waals surface area contributed by atoms with Crippen LogP contribution in [-0.4, -0.2) is 12.1 Å². The minimum Gasteiger partial charge on any atom is -0.311 e. The molecule has 1 aliphatic rings. The van der Waals surface area contributed by atoms with Gasteiger partial charge in [-0.2, -0.15) is 0 Å². The average Bonchev–Trinajstić information content (AvgIpc) is 2.35. The van der Waals surface area contributed by atoms with Crippen LogP contribution in [0.4, 0.5) is 0 Å². The summed E-state index contributed by atoms with van der Waals surface area (Å²) in [7, 11) is 0. The van der Waals surface area contributed by atoms with Crippen molar-refractivity contribution in [1.82, 2.24) is 5.32 Å². The van der Waals surface area contributed by atoms with Crippen LogP contribution < -0.4 is 5.32 Å². The zero-order chi connectivity index (χ0) is 14.8. The molecule has 0 amide bonds. The Labute approximate surface area is 129 Å². The Morgan fingerprint density at radius 1 is 1.30 bits per heavy atom. The summed E-state index contributed by atoms with van der Waals surface area (Å²) in [5, 5.41) is 4.65. The molecule has 1 aliphatic carbocycles. The van der Waals surface area contributed by atoms with Crippen LogP contribution in [0.3, 0.4) is 0 Å². The second kappa shape index (κ2) is 6.49. The van der Waals surface area contributed by atoms with Crippen molar-refractivity contribution in [3.05, 3.63) is 34.9 Å². The Morgan fingerprint density at radius 2 is 1.95 bits per heavy atom. The van der Waals surface area contributed by atoms with Crippen molar-refractivity contribution in [2.75, 3.05) is 0 Å². The molecule has 0 spiro atoms. The molecule has 1 N–H and O–H groups in total. The molecule has 0 aliphatic heterocycles. The molecule has 2 heteroatoms. The highest BCUT2D eigenvalue weighted by molar-refractivity contribution is 6.30. The van der Waals surface area contributed by atoms with E-state index in [-0.39, 0.29) is 0 Å². The van der Waals surface area contributed by atoms with E-state index < -0.39 is 0 Å². The van der Waals surface area contributed by atoms with Crippen molar-refractivity contribution < 1.29 is 0 Å². The molecular formula is C18H28ClN. The maximum Gasteiger partial charge on any atom is 0.0406 e. The fourth-order valence-corrected chi connectivity index (χ4v) is 3.72. The van der Waals surface area contributed by atoms with E-state index in [0.29, 0.717) is 17.5 Å². The fraction of sp³-hybridized carbons (Fsp3) is 0.667. The van der Waals surface area contributed by atoms with E-state index in [1.54, 1.807) is 0 Å². The molecule has 0 bridgehead atoms. The molecular weight excluding hydrogens is 266 g/mol. The Balaban J connectivity index is 1.85. The first-order chi connectivity index (χ1) is 9.35. The van der Waals surface area contributed by atoms with Gasteiger partial charge in [-0.1, -0.05) is 44.5 Å². The van der Waals surface area contributed by atoms with E-state index >= 15 is 0 Å². The summed E-state index contributed by atoms with van der Waals surface area (Å²) >= 11 is 5.93. The quantitative estimate of drug-likeness (QED) is 0.817. The maximum absolute atomic E-state index is 5.93. The van der Waals surface area contributed by atoms with Gasteiger partial charge in [0.2, 0.25) is 0 Å². The largest absolute Gasteiger partial charge is 0.311 e. The number of rotatable bonds is 4. The molecule has 0 aromatic heterocycles. The Hall–Kier alpha value is -0.530. The van der Waals surface area contributed by atoms with Gasteiger partial charge in [-0.15, -0.1) is 0 Å². The van der Waals surface area contributed by atoms with Gasteiger partial charge in [0.25, 0.3) is 0 Å². The topological polar surface area (TPSA) is 12.0 Å². The highest BCUT2D eigenvalue weighted by Gasteiger charge is 2.32. The predicted molar refractivity (Wildman–Crippen MR) is 88.3 cm³/mol. The second-order valence-corrected chi connectivity index (χ2v) is 7.83. The summed E-state index contributed by atoms with van der Waals surface area (Å²) in [5.41, 5.74) is 1.88. The predicted octanol–water partition coefficient (Wildman–Crippen LogP) is 5.08. The van der Waals surface area contributed by atoms with Crippen LogP contribution in [0, 0.1) is 11.3 Å². The third-order valence-electron chi connectivity index (χ3n) is 4.65. The first kappa shape index (κ1) is 15.9. The first-order valence-electron chi connectivity index (χ1n) is 7.86. The molecule has 2 rings (SSSR count). The molecule has 112 valence electrons. The van der Waals surface area contributed by atoms with Crippen molar-refractivity contribution >= 4 is 11.6 Å². The van der Waals surface area contributed by atoms with Crippen molar-refractivity contribution in [3.8, 4) is 0 Å². The molecule has 3 atom stereocenters. The lowest BCUT2D eigenvalue weighted by molar-refractivity contribution is 0.142. The summed E-state index contributed by atoms with van der Waals surface area (Å²) in [4.78, 5) is 0. The molecule has 1 fully saturated rings. The summed E-state index contributed by atoms with van der Waals surface area (Å²) in [5.74, 6) is 0.770. The van der Waals surface area contributed by atoms with Crippen LogP contribution in [-0.2, 0) is 6.42 Å². The van der Waals surface area contributed by atoms with Crippen LogP contribution in [0.15, 0.2) is 24.3 Å². The lowest BCUT2D eigenvalue weighted by Crippen LogP contribution is -2.46. The summed E-state index contributed by atoms with van der Waals surface area (Å²) in [6.07, 6.45) is 5.05. The Kier molecular flexibility index (Phi) is 5.14. The third-order valence-corrected chi connectivity index (χ3v) is 4.90. The number of halogens is 1. The van der Waals surface area contributed by atoms with E-state index in [4.69, 9.17) is 11.6 Å². The van der Waals surface area contributed by atoms with Gasteiger partial charge in [-0.25, -0.2) is 0 Å². The van der Waals surface area contributed by atoms with Gasteiger partial charge in [0.1, 0.15) is 0 Å². The van der Waals surface area contributed by atoms with Gasteiger partial charge < -0.3 is 5.32 Å². The van der Waals surface area contributed by atoms with Crippen molar-refractivity contribution in [2.24, 2.45) is 11.3 Å². The zero-order valence-corrected chi connectivity index (χ0v) is 14.0. The normalized spacial score (nSPS) is 27.2. The highest BCUT2D eigenvalue weighted by Crippen LogP contribution is 2.38. The standard InChI is InChI=1S/C18H28ClN/c1-13-12-18(3,4)10-9-17(13)20-14(2)11-15-5-7-16(19)8-6-15/h5-8,13-14,17,20H,9-12H2,1-4H3. The van der Waals surface area contributed by atoms with Gasteiger partial charge in [-0.3, -0.25) is 0 Å².